The molecule has 0 saturated heterocycles. The van der Waals surface area contributed by atoms with E-state index < -0.39 is 5.69 Å². The molecule has 1 aliphatic heterocycles. The summed E-state index contributed by atoms with van der Waals surface area (Å²) in [6.45, 7) is 4.48. The monoisotopic (exact) mass is 287 g/mol. The Morgan fingerprint density at radius 1 is 1.24 bits per heavy atom. The van der Waals surface area contributed by atoms with Crippen LogP contribution in [0.5, 0.6) is 0 Å². The lowest BCUT2D eigenvalue weighted by Crippen LogP contribution is -3.12. The summed E-state index contributed by atoms with van der Waals surface area (Å²) in [4.78, 5) is 28.0. The standard InChI is InChI=1S/C15H18N4O2/c1-2-8-18-9-12-13(16-10-18)19(15(21)17-14(12)20)11-6-4-3-5-7-11/h3-7,16H,2,8-10H2,1H3,(H,17,20,21)/p+1. The summed E-state index contributed by atoms with van der Waals surface area (Å²) in [6, 6.07) is 9.35. The first-order valence-electron chi connectivity index (χ1n) is 7.21. The van der Waals surface area contributed by atoms with Crippen molar-refractivity contribution in [1.29, 1.82) is 0 Å². The average molecular weight is 287 g/mol. The Kier molecular flexibility index (Phi) is 3.62. The second-order valence-corrected chi connectivity index (χ2v) is 5.29. The van der Waals surface area contributed by atoms with Gasteiger partial charge in [-0.2, -0.15) is 0 Å². The number of aromatic nitrogens is 2. The van der Waals surface area contributed by atoms with Crippen LogP contribution in [0.3, 0.4) is 0 Å². The first-order valence-corrected chi connectivity index (χ1v) is 7.21. The van der Waals surface area contributed by atoms with Gasteiger partial charge in [-0.25, -0.2) is 9.36 Å². The molecule has 6 nitrogen and oxygen atoms in total. The van der Waals surface area contributed by atoms with E-state index in [1.54, 1.807) is 4.57 Å². The van der Waals surface area contributed by atoms with Crippen molar-refractivity contribution in [2.45, 2.75) is 19.9 Å². The molecule has 1 aliphatic rings. The van der Waals surface area contributed by atoms with Crippen LogP contribution in [0.25, 0.3) is 5.69 Å². The number of rotatable bonds is 3. The van der Waals surface area contributed by atoms with E-state index in [0.29, 0.717) is 17.9 Å². The fourth-order valence-corrected chi connectivity index (χ4v) is 2.80. The highest BCUT2D eigenvalue weighted by molar-refractivity contribution is 5.50. The zero-order chi connectivity index (χ0) is 14.8. The molecule has 110 valence electrons. The third kappa shape index (κ3) is 2.50. The molecule has 1 aromatic carbocycles. The van der Waals surface area contributed by atoms with Crippen LogP contribution in [0.2, 0.25) is 0 Å². The number of benzene rings is 1. The number of nitrogens with zero attached hydrogens (tertiary/aromatic N) is 1. The number of para-hydroxylation sites is 1. The number of quaternary nitrogens is 1. The van der Waals surface area contributed by atoms with Gasteiger partial charge in [0, 0.05) is 0 Å². The molecule has 2 heterocycles. The fourth-order valence-electron chi connectivity index (χ4n) is 2.80. The van der Waals surface area contributed by atoms with E-state index in [2.05, 4.69) is 17.2 Å². The van der Waals surface area contributed by atoms with Crippen molar-refractivity contribution in [3.8, 4) is 5.69 Å². The molecule has 1 aromatic heterocycles. The van der Waals surface area contributed by atoms with Crippen LogP contribution >= 0.6 is 0 Å². The highest BCUT2D eigenvalue weighted by Crippen LogP contribution is 2.15. The molecular formula is C15H19N4O2+. The first-order chi connectivity index (χ1) is 10.2. The van der Waals surface area contributed by atoms with Crippen molar-refractivity contribution in [3.05, 3.63) is 56.7 Å². The molecule has 3 N–H and O–H groups in total. The van der Waals surface area contributed by atoms with Gasteiger partial charge in [-0.05, 0) is 18.6 Å². The molecule has 21 heavy (non-hydrogen) atoms. The van der Waals surface area contributed by atoms with Crippen molar-refractivity contribution >= 4 is 5.82 Å². The molecule has 0 fully saturated rings. The lowest BCUT2D eigenvalue weighted by Gasteiger charge is -2.27. The molecule has 0 radical (unpaired) electrons. The summed E-state index contributed by atoms with van der Waals surface area (Å²) in [5, 5.41) is 3.25. The summed E-state index contributed by atoms with van der Waals surface area (Å²) < 4.78 is 1.54. The Hall–Kier alpha value is -2.34. The third-order valence-electron chi connectivity index (χ3n) is 3.76. The molecule has 2 aromatic rings. The normalized spacial score (nSPS) is 17.1. The van der Waals surface area contributed by atoms with Gasteiger partial charge in [0.25, 0.3) is 5.56 Å². The van der Waals surface area contributed by atoms with Crippen molar-refractivity contribution in [2.75, 3.05) is 18.5 Å². The third-order valence-corrected chi connectivity index (χ3v) is 3.76. The highest BCUT2D eigenvalue weighted by atomic mass is 16.2. The van der Waals surface area contributed by atoms with Crippen LogP contribution in [0.4, 0.5) is 5.82 Å². The van der Waals surface area contributed by atoms with Crippen molar-refractivity contribution in [2.24, 2.45) is 0 Å². The molecular weight excluding hydrogens is 268 g/mol. The molecule has 0 aliphatic carbocycles. The Balaban J connectivity index is 2.14. The summed E-state index contributed by atoms with van der Waals surface area (Å²) in [5.74, 6) is 0.620. The van der Waals surface area contributed by atoms with Gasteiger partial charge >= 0.3 is 5.69 Å². The van der Waals surface area contributed by atoms with Crippen molar-refractivity contribution in [1.82, 2.24) is 9.55 Å². The summed E-state index contributed by atoms with van der Waals surface area (Å²) in [5.41, 5.74) is 0.703. The van der Waals surface area contributed by atoms with E-state index >= 15 is 0 Å². The second kappa shape index (κ2) is 5.57. The van der Waals surface area contributed by atoms with Gasteiger partial charge in [-0.1, -0.05) is 25.1 Å². The van der Waals surface area contributed by atoms with Crippen molar-refractivity contribution in [3.63, 3.8) is 0 Å². The van der Waals surface area contributed by atoms with Crippen LogP contribution in [0.1, 0.15) is 18.9 Å². The molecule has 1 unspecified atom stereocenters. The number of H-pyrrole nitrogens is 1. The van der Waals surface area contributed by atoms with Crippen LogP contribution in [-0.2, 0) is 6.54 Å². The minimum atomic E-state index is -0.406. The second-order valence-electron chi connectivity index (χ2n) is 5.29. The number of hydrogen-bond donors (Lipinski definition) is 3. The van der Waals surface area contributed by atoms with E-state index in [1.165, 1.54) is 4.90 Å². The molecule has 1 atom stereocenters. The summed E-state index contributed by atoms with van der Waals surface area (Å²) in [6.07, 6.45) is 1.06. The van der Waals surface area contributed by atoms with Crippen LogP contribution in [0, 0.1) is 0 Å². The first kappa shape index (κ1) is 13.6. The Bertz CT molecular complexity index is 749. The number of anilines is 1. The smallest absolute Gasteiger partial charge is 0.324 e. The highest BCUT2D eigenvalue weighted by Gasteiger charge is 2.25. The Morgan fingerprint density at radius 3 is 2.71 bits per heavy atom. The minimum Gasteiger partial charge on any atom is -0.324 e. The van der Waals surface area contributed by atoms with Gasteiger partial charge in [0.2, 0.25) is 0 Å². The van der Waals surface area contributed by atoms with Gasteiger partial charge in [-0.3, -0.25) is 9.78 Å². The summed E-state index contributed by atoms with van der Waals surface area (Å²) >= 11 is 0. The van der Waals surface area contributed by atoms with E-state index in [0.717, 1.165) is 25.3 Å². The SMILES string of the molecule is CCC[NH+]1CNc2c(c(=O)[nH]c(=O)n2-c2ccccc2)C1. The number of fused-ring (bicyclic) bond motifs is 1. The predicted molar refractivity (Wildman–Crippen MR) is 81.0 cm³/mol. The molecule has 6 heteroatoms. The van der Waals surface area contributed by atoms with E-state index in [9.17, 15) is 9.59 Å². The lowest BCUT2D eigenvalue weighted by atomic mass is 10.2. The molecule has 0 saturated carbocycles. The molecule has 0 spiro atoms. The van der Waals surface area contributed by atoms with Crippen LogP contribution < -0.4 is 21.5 Å². The Labute approximate surface area is 122 Å². The topological polar surface area (TPSA) is 71.3 Å². The average Bonchev–Trinajstić information content (AvgIpc) is 2.49. The van der Waals surface area contributed by atoms with Crippen molar-refractivity contribution < 1.29 is 4.90 Å². The number of hydrogen-bond acceptors (Lipinski definition) is 3. The van der Waals surface area contributed by atoms with Gasteiger partial charge in [0.15, 0.2) is 6.67 Å². The molecule has 0 amide bonds. The zero-order valence-corrected chi connectivity index (χ0v) is 12.0. The van der Waals surface area contributed by atoms with Crippen LogP contribution in [0.15, 0.2) is 39.9 Å². The van der Waals surface area contributed by atoms with Gasteiger partial charge in [-0.15, -0.1) is 0 Å². The lowest BCUT2D eigenvalue weighted by molar-refractivity contribution is -0.912. The molecule has 0 bridgehead atoms. The van der Waals surface area contributed by atoms with E-state index in [1.807, 2.05) is 30.3 Å². The molecule has 3 rings (SSSR count). The number of aromatic amines is 1. The number of nitrogens with one attached hydrogen (secondary N) is 3. The zero-order valence-electron chi connectivity index (χ0n) is 12.0. The van der Waals surface area contributed by atoms with Crippen LogP contribution in [-0.4, -0.2) is 22.8 Å². The quantitative estimate of drug-likeness (QED) is 0.726. The van der Waals surface area contributed by atoms with Gasteiger partial charge < -0.3 is 10.2 Å². The summed E-state index contributed by atoms with van der Waals surface area (Å²) in [7, 11) is 0. The van der Waals surface area contributed by atoms with Gasteiger partial charge in [0.05, 0.1) is 12.2 Å². The minimum absolute atomic E-state index is 0.289. The predicted octanol–water partition coefficient (Wildman–Crippen LogP) is -0.296. The maximum atomic E-state index is 12.2. The van der Waals surface area contributed by atoms with E-state index in [-0.39, 0.29) is 5.56 Å². The fraction of sp³-hybridized carbons (Fsp3) is 0.333. The maximum Gasteiger partial charge on any atom is 0.334 e. The maximum absolute atomic E-state index is 12.2. The Morgan fingerprint density at radius 2 is 2.00 bits per heavy atom. The van der Waals surface area contributed by atoms with E-state index in [4.69, 9.17) is 0 Å². The largest absolute Gasteiger partial charge is 0.334 e. The van der Waals surface area contributed by atoms with Gasteiger partial charge in [0.1, 0.15) is 17.9 Å².